The van der Waals surface area contributed by atoms with Gasteiger partial charge in [0.25, 0.3) is 0 Å². The highest BCUT2D eigenvalue weighted by Crippen LogP contribution is 2.27. The van der Waals surface area contributed by atoms with Crippen LogP contribution in [0.3, 0.4) is 0 Å². The van der Waals surface area contributed by atoms with E-state index in [-0.39, 0.29) is 0 Å². The third-order valence-electron chi connectivity index (χ3n) is 2.97. The highest BCUT2D eigenvalue weighted by molar-refractivity contribution is 5.30. The monoisotopic (exact) mass is 175 g/mol. The van der Waals surface area contributed by atoms with Crippen LogP contribution in [0.25, 0.3) is 0 Å². The number of fused-ring (bicyclic) bond motifs is 1. The third-order valence-corrected chi connectivity index (χ3v) is 2.97. The van der Waals surface area contributed by atoms with Crippen molar-refractivity contribution < 1.29 is 0 Å². The Labute approximate surface area is 80.2 Å². The van der Waals surface area contributed by atoms with E-state index in [1.165, 1.54) is 31.2 Å². The first-order valence-corrected chi connectivity index (χ1v) is 5.17. The molecule has 1 aromatic carbocycles. The van der Waals surface area contributed by atoms with Crippen LogP contribution in [0.4, 0.5) is 0 Å². The van der Waals surface area contributed by atoms with Crippen molar-refractivity contribution in [3.05, 3.63) is 35.4 Å². The largest absolute Gasteiger partial charge is 0.313 e. The molecule has 70 valence electrons. The van der Waals surface area contributed by atoms with Crippen LogP contribution in [0, 0.1) is 0 Å². The van der Waals surface area contributed by atoms with E-state index in [9.17, 15) is 0 Å². The standard InChI is InChI=1S/C12H17N/c1-13-12-9-5-3-7-10-6-2-4-8-11(10)12/h2,4,6,8,12-13H,3,5,7,9H2,1H3. The van der Waals surface area contributed by atoms with Gasteiger partial charge in [0.15, 0.2) is 0 Å². The van der Waals surface area contributed by atoms with Crippen molar-refractivity contribution in [1.82, 2.24) is 5.32 Å². The van der Waals surface area contributed by atoms with Gasteiger partial charge in [-0.15, -0.1) is 0 Å². The number of nitrogens with one attached hydrogen (secondary N) is 1. The van der Waals surface area contributed by atoms with Crippen LogP contribution < -0.4 is 5.32 Å². The van der Waals surface area contributed by atoms with Gasteiger partial charge in [-0.3, -0.25) is 0 Å². The Kier molecular flexibility index (Phi) is 2.65. The van der Waals surface area contributed by atoms with E-state index >= 15 is 0 Å². The molecule has 0 spiro atoms. The molecule has 0 amide bonds. The molecule has 1 atom stereocenters. The molecule has 1 heteroatoms. The van der Waals surface area contributed by atoms with Gasteiger partial charge < -0.3 is 5.32 Å². The Morgan fingerprint density at radius 1 is 1.23 bits per heavy atom. The van der Waals surface area contributed by atoms with Gasteiger partial charge in [-0.1, -0.05) is 30.7 Å². The van der Waals surface area contributed by atoms with E-state index in [0.29, 0.717) is 6.04 Å². The van der Waals surface area contributed by atoms with E-state index in [1.807, 2.05) is 0 Å². The van der Waals surface area contributed by atoms with E-state index in [4.69, 9.17) is 0 Å². The molecule has 0 saturated heterocycles. The smallest absolute Gasteiger partial charge is 0.0320 e. The predicted octanol–water partition coefficient (Wildman–Crippen LogP) is 2.67. The highest BCUT2D eigenvalue weighted by Gasteiger charge is 2.15. The second-order valence-electron chi connectivity index (χ2n) is 3.79. The predicted molar refractivity (Wildman–Crippen MR) is 55.8 cm³/mol. The molecule has 2 rings (SSSR count). The molecule has 1 aromatic rings. The van der Waals surface area contributed by atoms with E-state index < -0.39 is 0 Å². The molecular weight excluding hydrogens is 158 g/mol. The van der Waals surface area contributed by atoms with Gasteiger partial charge in [0, 0.05) is 6.04 Å². The van der Waals surface area contributed by atoms with Gasteiger partial charge in [0.05, 0.1) is 0 Å². The number of hydrogen-bond acceptors (Lipinski definition) is 1. The molecule has 0 radical (unpaired) electrons. The van der Waals surface area contributed by atoms with Gasteiger partial charge in [0.2, 0.25) is 0 Å². The molecular formula is C12H17N. The average Bonchev–Trinajstić information content (AvgIpc) is 2.39. The Morgan fingerprint density at radius 2 is 2.08 bits per heavy atom. The lowest BCUT2D eigenvalue weighted by Crippen LogP contribution is -2.16. The fourth-order valence-corrected chi connectivity index (χ4v) is 2.22. The first kappa shape index (κ1) is 8.76. The topological polar surface area (TPSA) is 12.0 Å². The minimum Gasteiger partial charge on any atom is -0.313 e. The van der Waals surface area contributed by atoms with Crippen LogP contribution in [-0.2, 0) is 6.42 Å². The van der Waals surface area contributed by atoms with E-state index in [1.54, 1.807) is 5.56 Å². The molecule has 0 aromatic heterocycles. The minimum atomic E-state index is 0.582. The molecule has 1 aliphatic carbocycles. The maximum absolute atomic E-state index is 3.40. The van der Waals surface area contributed by atoms with Crippen molar-refractivity contribution in [3.63, 3.8) is 0 Å². The van der Waals surface area contributed by atoms with Crippen LogP contribution in [-0.4, -0.2) is 7.05 Å². The Hall–Kier alpha value is -0.820. The average molecular weight is 175 g/mol. The Bertz CT molecular complexity index is 280. The summed E-state index contributed by atoms with van der Waals surface area (Å²) < 4.78 is 0. The summed E-state index contributed by atoms with van der Waals surface area (Å²) in [6, 6.07) is 9.41. The van der Waals surface area contributed by atoms with Crippen molar-refractivity contribution in [3.8, 4) is 0 Å². The van der Waals surface area contributed by atoms with Gasteiger partial charge in [-0.2, -0.15) is 0 Å². The fourth-order valence-electron chi connectivity index (χ4n) is 2.22. The lowest BCUT2D eigenvalue weighted by Gasteiger charge is -2.16. The first-order chi connectivity index (χ1) is 6.42. The molecule has 0 fully saturated rings. The number of hydrogen-bond donors (Lipinski definition) is 1. The van der Waals surface area contributed by atoms with Crippen molar-refractivity contribution in [2.24, 2.45) is 0 Å². The van der Waals surface area contributed by atoms with Crippen molar-refractivity contribution in [2.75, 3.05) is 7.05 Å². The summed E-state index contributed by atoms with van der Waals surface area (Å²) >= 11 is 0. The summed E-state index contributed by atoms with van der Waals surface area (Å²) in [6.45, 7) is 0. The molecule has 0 aliphatic heterocycles. The summed E-state index contributed by atoms with van der Waals surface area (Å²) in [6.07, 6.45) is 5.23. The summed E-state index contributed by atoms with van der Waals surface area (Å²) in [5, 5.41) is 3.40. The Balaban J connectivity index is 2.35. The zero-order valence-electron chi connectivity index (χ0n) is 8.22. The van der Waals surface area contributed by atoms with Gasteiger partial charge in [0.1, 0.15) is 0 Å². The lowest BCUT2D eigenvalue weighted by atomic mass is 9.99. The van der Waals surface area contributed by atoms with Gasteiger partial charge in [-0.05, 0) is 37.4 Å². The molecule has 0 heterocycles. The SMILES string of the molecule is CNC1CCCCc2ccccc21. The zero-order valence-corrected chi connectivity index (χ0v) is 8.22. The number of aryl methyl sites for hydroxylation is 1. The maximum Gasteiger partial charge on any atom is 0.0320 e. The van der Waals surface area contributed by atoms with E-state index in [0.717, 1.165) is 0 Å². The van der Waals surface area contributed by atoms with Crippen LogP contribution >= 0.6 is 0 Å². The molecule has 0 saturated carbocycles. The Morgan fingerprint density at radius 3 is 2.92 bits per heavy atom. The van der Waals surface area contributed by atoms with Crippen molar-refractivity contribution >= 4 is 0 Å². The normalized spacial score (nSPS) is 22.1. The van der Waals surface area contributed by atoms with Crippen LogP contribution in [0.2, 0.25) is 0 Å². The number of rotatable bonds is 1. The molecule has 1 aliphatic rings. The van der Waals surface area contributed by atoms with Gasteiger partial charge >= 0.3 is 0 Å². The van der Waals surface area contributed by atoms with Gasteiger partial charge in [-0.25, -0.2) is 0 Å². The third kappa shape index (κ3) is 1.75. The quantitative estimate of drug-likeness (QED) is 0.647. The molecule has 1 N–H and O–H groups in total. The molecule has 1 unspecified atom stereocenters. The first-order valence-electron chi connectivity index (χ1n) is 5.17. The summed E-state index contributed by atoms with van der Waals surface area (Å²) in [5.74, 6) is 0. The minimum absolute atomic E-state index is 0.582. The molecule has 13 heavy (non-hydrogen) atoms. The second-order valence-corrected chi connectivity index (χ2v) is 3.79. The number of benzene rings is 1. The zero-order chi connectivity index (χ0) is 9.10. The maximum atomic E-state index is 3.40. The van der Waals surface area contributed by atoms with Crippen LogP contribution in [0.15, 0.2) is 24.3 Å². The van der Waals surface area contributed by atoms with Crippen LogP contribution in [0.1, 0.15) is 36.4 Å². The van der Waals surface area contributed by atoms with Crippen molar-refractivity contribution in [1.29, 1.82) is 0 Å². The second kappa shape index (κ2) is 3.93. The van der Waals surface area contributed by atoms with Crippen molar-refractivity contribution in [2.45, 2.75) is 31.7 Å². The summed E-state index contributed by atoms with van der Waals surface area (Å²) in [7, 11) is 2.06. The van der Waals surface area contributed by atoms with Crippen LogP contribution in [0.5, 0.6) is 0 Å². The lowest BCUT2D eigenvalue weighted by molar-refractivity contribution is 0.533. The summed E-state index contributed by atoms with van der Waals surface area (Å²) in [5.41, 5.74) is 3.06. The fraction of sp³-hybridized carbons (Fsp3) is 0.500. The molecule has 0 bridgehead atoms. The highest BCUT2D eigenvalue weighted by atomic mass is 14.9. The molecule has 1 nitrogen and oxygen atoms in total. The van der Waals surface area contributed by atoms with E-state index in [2.05, 4.69) is 36.6 Å². The summed E-state index contributed by atoms with van der Waals surface area (Å²) in [4.78, 5) is 0.